The van der Waals surface area contributed by atoms with Gasteiger partial charge in [0, 0.05) is 5.69 Å². The number of esters is 1. The Morgan fingerprint density at radius 1 is 1.16 bits per heavy atom. The maximum Gasteiger partial charge on any atom is 0.338 e. The number of anilines is 1. The Morgan fingerprint density at radius 3 is 2.76 bits per heavy atom. The van der Waals surface area contributed by atoms with Crippen LogP contribution in [0.15, 0.2) is 36.4 Å². The number of fused-ring (bicyclic) bond motifs is 1. The minimum Gasteiger partial charge on any atom is -0.454 e. The lowest BCUT2D eigenvalue weighted by molar-refractivity contribution is -0.119. The zero-order chi connectivity index (χ0) is 17.8. The molecule has 0 atom stereocenters. The highest BCUT2D eigenvalue weighted by molar-refractivity contribution is 5.96. The summed E-state index contributed by atoms with van der Waals surface area (Å²) in [5.41, 5.74) is 3.08. The highest BCUT2D eigenvalue weighted by Gasteiger charge is 2.18. The molecule has 1 heterocycles. The van der Waals surface area contributed by atoms with E-state index in [9.17, 15) is 9.59 Å². The van der Waals surface area contributed by atoms with E-state index >= 15 is 0 Å². The van der Waals surface area contributed by atoms with Gasteiger partial charge in [-0.3, -0.25) is 4.79 Å². The first-order valence-corrected chi connectivity index (χ1v) is 8.03. The predicted octanol–water partition coefficient (Wildman–Crippen LogP) is 3.08. The first kappa shape index (κ1) is 16.8. The summed E-state index contributed by atoms with van der Waals surface area (Å²) in [6.45, 7) is 3.72. The second kappa shape index (κ2) is 7.25. The Morgan fingerprint density at radius 2 is 1.96 bits per heavy atom. The lowest BCUT2D eigenvalue weighted by Crippen LogP contribution is -2.22. The monoisotopic (exact) mass is 341 g/mol. The predicted molar refractivity (Wildman–Crippen MR) is 92.0 cm³/mol. The minimum atomic E-state index is -0.589. The summed E-state index contributed by atoms with van der Waals surface area (Å²) in [6, 6.07) is 10.6. The number of para-hydroxylation sites is 1. The molecule has 0 bridgehead atoms. The van der Waals surface area contributed by atoms with Crippen molar-refractivity contribution in [2.24, 2.45) is 0 Å². The van der Waals surface area contributed by atoms with Crippen LogP contribution in [0.1, 0.15) is 28.4 Å². The van der Waals surface area contributed by atoms with Crippen molar-refractivity contribution in [2.45, 2.75) is 20.3 Å². The highest BCUT2D eigenvalue weighted by Crippen LogP contribution is 2.32. The normalized spacial score (nSPS) is 11.9. The molecule has 0 aliphatic carbocycles. The molecule has 0 unspecified atom stereocenters. The van der Waals surface area contributed by atoms with E-state index in [2.05, 4.69) is 5.32 Å². The summed E-state index contributed by atoms with van der Waals surface area (Å²) in [5, 5.41) is 2.82. The van der Waals surface area contributed by atoms with Crippen molar-refractivity contribution < 1.29 is 23.8 Å². The van der Waals surface area contributed by atoms with E-state index in [0.717, 1.165) is 23.2 Å². The van der Waals surface area contributed by atoms with E-state index in [4.69, 9.17) is 14.2 Å². The molecule has 0 aromatic heterocycles. The van der Waals surface area contributed by atoms with Crippen LogP contribution in [-0.4, -0.2) is 25.3 Å². The van der Waals surface area contributed by atoms with Crippen LogP contribution in [0.3, 0.4) is 0 Å². The average molecular weight is 341 g/mol. The van der Waals surface area contributed by atoms with E-state index in [-0.39, 0.29) is 19.3 Å². The smallest absolute Gasteiger partial charge is 0.338 e. The molecule has 0 fully saturated rings. The zero-order valence-corrected chi connectivity index (χ0v) is 14.1. The number of nitrogens with one attached hydrogen (secondary N) is 1. The number of rotatable bonds is 5. The van der Waals surface area contributed by atoms with Gasteiger partial charge < -0.3 is 19.5 Å². The van der Waals surface area contributed by atoms with Crippen LogP contribution >= 0.6 is 0 Å². The van der Waals surface area contributed by atoms with Gasteiger partial charge in [-0.1, -0.05) is 25.1 Å². The number of benzene rings is 2. The Kier molecular flexibility index (Phi) is 4.88. The van der Waals surface area contributed by atoms with Crippen LogP contribution in [0, 0.1) is 6.92 Å². The molecule has 1 aliphatic rings. The average Bonchev–Trinajstić information content (AvgIpc) is 3.09. The molecule has 1 aliphatic heterocycles. The molecular formula is C19H19NO5. The quantitative estimate of drug-likeness (QED) is 0.846. The summed E-state index contributed by atoms with van der Waals surface area (Å²) >= 11 is 0. The van der Waals surface area contributed by atoms with Gasteiger partial charge in [-0.05, 0) is 42.7 Å². The fraction of sp³-hybridized carbons (Fsp3) is 0.263. The van der Waals surface area contributed by atoms with Gasteiger partial charge in [0.05, 0.1) is 5.56 Å². The molecule has 0 saturated heterocycles. The van der Waals surface area contributed by atoms with Gasteiger partial charge in [0.2, 0.25) is 6.79 Å². The molecule has 0 saturated carbocycles. The standard InChI is InChI=1S/C19H19NO5/c1-3-13-6-4-5-12(2)18(13)20-17(21)10-23-19(22)14-7-8-15-16(9-14)25-11-24-15/h4-9H,3,10-11H2,1-2H3,(H,20,21). The van der Waals surface area contributed by atoms with Crippen molar-refractivity contribution in [1.29, 1.82) is 0 Å². The molecule has 0 spiro atoms. The maximum absolute atomic E-state index is 12.1. The number of hydrogen-bond acceptors (Lipinski definition) is 5. The molecule has 6 nitrogen and oxygen atoms in total. The molecule has 25 heavy (non-hydrogen) atoms. The third-order valence-corrected chi connectivity index (χ3v) is 3.95. The van der Waals surface area contributed by atoms with Gasteiger partial charge in [-0.15, -0.1) is 0 Å². The van der Waals surface area contributed by atoms with Gasteiger partial charge in [0.1, 0.15) is 0 Å². The van der Waals surface area contributed by atoms with Gasteiger partial charge in [0.25, 0.3) is 5.91 Å². The molecule has 130 valence electrons. The summed E-state index contributed by atoms with van der Waals surface area (Å²) in [7, 11) is 0. The van der Waals surface area contributed by atoms with Gasteiger partial charge in [-0.25, -0.2) is 4.79 Å². The van der Waals surface area contributed by atoms with Crippen LogP contribution < -0.4 is 14.8 Å². The first-order chi connectivity index (χ1) is 12.1. The highest BCUT2D eigenvalue weighted by atomic mass is 16.7. The summed E-state index contributed by atoms with van der Waals surface area (Å²) < 4.78 is 15.5. The van der Waals surface area contributed by atoms with Crippen molar-refractivity contribution in [3.05, 3.63) is 53.1 Å². The van der Waals surface area contributed by atoms with Gasteiger partial charge in [-0.2, -0.15) is 0 Å². The van der Waals surface area contributed by atoms with Crippen LogP contribution in [0.4, 0.5) is 5.69 Å². The molecule has 2 aromatic carbocycles. The van der Waals surface area contributed by atoms with Crippen molar-refractivity contribution in [3.8, 4) is 11.5 Å². The van der Waals surface area contributed by atoms with Gasteiger partial charge in [0.15, 0.2) is 18.1 Å². The summed E-state index contributed by atoms with van der Waals surface area (Å²) in [6.07, 6.45) is 0.800. The Bertz CT molecular complexity index is 815. The van der Waals surface area contributed by atoms with Crippen molar-refractivity contribution in [2.75, 3.05) is 18.7 Å². The fourth-order valence-corrected chi connectivity index (χ4v) is 2.62. The molecule has 0 radical (unpaired) electrons. The van der Waals surface area contributed by atoms with E-state index in [0.29, 0.717) is 17.1 Å². The van der Waals surface area contributed by atoms with Gasteiger partial charge >= 0.3 is 5.97 Å². The Labute approximate surface area is 145 Å². The molecule has 2 aromatic rings. The topological polar surface area (TPSA) is 73.9 Å². The summed E-state index contributed by atoms with van der Waals surface area (Å²) in [4.78, 5) is 24.2. The van der Waals surface area contributed by atoms with Crippen LogP contribution in [0.2, 0.25) is 0 Å². The van der Waals surface area contributed by atoms with Crippen LogP contribution in [0.5, 0.6) is 11.5 Å². The van der Waals surface area contributed by atoms with Crippen LogP contribution in [-0.2, 0) is 16.0 Å². The molecule has 1 N–H and O–H groups in total. The van der Waals surface area contributed by atoms with E-state index in [1.165, 1.54) is 0 Å². The Hall–Kier alpha value is -3.02. The number of carbonyl (C=O) groups excluding carboxylic acids is 2. The third kappa shape index (κ3) is 3.74. The number of amides is 1. The number of carbonyl (C=O) groups is 2. The van der Waals surface area contributed by atoms with Crippen molar-refractivity contribution >= 4 is 17.6 Å². The second-order valence-corrected chi connectivity index (χ2v) is 5.65. The minimum absolute atomic E-state index is 0.131. The molecule has 1 amide bonds. The largest absolute Gasteiger partial charge is 0.454 e. The maximum atomic E-state index is 12.1. The van der Waals surface area contributed by atoms with Crippen molar-refractivity contribution in [1.82, 2.24) is 0 Å². The number of aryl methyl sites for hydroxylation is 2. The summed E-state index contributed by atoms with van der Waals surface area (Å²) in [5.74, 6) is 0.111. The van der Waals surface area contributed by atoms with Crippen LogP contribution in [0.25, 0.3) is 0 Å². The van der Waals surface area contributed by atoms with E-state index in [1.54, 1.807) is 18.2 Å². The SMILES string of the molecule is CCc1cccc(C)c1NC(=O)COC(=O)c1ccc2c(c1)OCO2. The zero-order valence-electron chi connectivity index (χ0n) is 14.1. The fourth-order valence-electron chi connectivity index (χ4n) is 2.62. The number of ether oxygens (including phenoxy) is 3. The van der Waals surface area contributed by atoms with E-state index in [1.807, 2.05) is 32.0 Å². The number of hydrogen-bond donors (Lipinski definition) is 1. The lowest BCUT2D eigenvalue weighted by Gasteiger charge is -2.13. The van der Waals surface area contributed by atoms with Crippen molar-refractivity contribution in [3.63, 3.8) is 0 Å². The second-order valence-electron chi connectivity index (χ2n) is 5.65. The third-order valence-electron chi connectivity index (χ3n) is 3.95. The molecule has 3 rings (SSSR count). The molecule has 6 heteroatoms. The molecular weight excluding hydrogens is 322 g/mol. The lowest BCUT2D eigenvalue weighted by atomic mass is 10.1. The first-order valence-electron chi connectivity index (χ1n) is 8.03. The van der Waals surface area contributed by atoms with E-state index < -0.39 is 5.97 Å². The Balaban J connectivity index is 1.60.